The Morgan fingerprint density at radius 2 is 1.92 bits per heavy atom. The molecule has 0 atom stereocenters. The van der Waals surface area contributed by atoms with Gasteiger partial charge in [-0.15, -0.1) is 0 Å². The van der Waals surface area contributed by atoms with E-state index in [1.165, 1.54) is 0 Å². The van der Waals surface area contributed by atoms with Gasteiger partial charge in [-0.2, -0.15) is 0 Å². The van der Waals surface area contributed by atoms with Gasteiger partial charge in [0.1, 0.15) is 5.82 Å². The highest BCUT2D eigenvalue weighted by atomic mass is 35.5. The minimum absolute atomic E-state index is 0.239. The second-order valence-corrected chi connectivity index (χ2v) is 6.87. The standard InChI is InChI=1S/C18H19ClN4O/c19-15-3-1-2-14(12-15)18(4-5-18)17(24)23-10-8-22(9-11-23)16-13-20-6-7-21-16/h1-3,6-7,12-13H,4-5,8-11H2. The van der Waals surface area contributed by atoms with Crippen molar-refractivity contribution in [3.8, 4) is 0 Å². The van der Waals surface area contributed by atoms with Gasteiger partial charge in [-0.05, 0) is 30.5 Å². The van der Waals surface area contributed by atoms with Gasteiger partial charge in [-0.3, -0.25) is 9.78 Å². The summed E-state index contributed by atoms with van der Waals surface area (Å²) in [5, 5.41) is 0.694. The van der Waals surface area contributed by atoms with E-state index in [0.29, 0.717) is 5.02 Å². The third-order valence-electron chi connectivity index (χ3n) is 4.98. The van der Waals surface area contributed by atoms with Gasteiger partial charge in [0, 0.05) is 43.6 Å². The summed E-state index contributed by atoms with van der Waals surface area (Å²) in [5.41, 5.74) is 0.705. The highest BCUT2D eigenvalue weighted by molar-refractivity contribution is 6.30. The van der Waals surface area contributed by atoms with Gasteiger partial charge in [-0.25, -0.2) is 4.98 Å². The molecule has 1 aromatic carbocycles. The molecule has 24 heavy (non-hydrogen) atoms. The minimum Gasteiger partial charge on any atom is -0.352 e. The van der Waals surface area contributed by atoms with Crippen LogP contribution in [0.4, 0.5) is 5.82 Å². The molecule has 0 spiro atoms. The molecule has 0 bridgehead atoms. The second-order valence-electron chi connectivity index (χ2n) is 6.44. The molecule has 1 amide bonds. The average Bonchev–Trinajstić information content (AvgIpc) is 3.44. The van der Waals surface area contributed by atoms with Crippen LogP contribution in [0.3, 0.4) is 0 Å². The lowest BCUT2D eigenvalue weighted by atomic mass is 9.94. The Hall–Kier alpha value is -2.14. The summed E-state index contributed by atoms with van der Waals surface area (Å²) in [5.74, 6) is 1.11. The van der Waals surface area contributed by atoms with Crippen molar-refractivity contribution in [1.29, 1.82) is 0 Å². The molecule has 1 aliphatic carbocycles. The Kier molecular flexibility index (Phi) is 3.88. The zero-order chi connectivity index (χ0) is 16.6. The number of rotatable bonds is 3. The lowest BCUT2D eigenvalue weighted by Gasteiger charge is -2.37. The summed E-state index contributed by atoms with van der Waals surface area (Å²) in [6, 6.07) is 7.73. The monoisotopic (exact) mass is 342 g/mol. The van der Waals surface area contributed by atoms with Crippen LogP contribution in [-0.4, -0.2) is 47.0 Å². The largest absolute Gasteiger partial charge is 0.352 e. The van der Waals surface area contributed by atoms with Crippen molar-refractivity contribution in [2.45, 2.75) is 18.3 Å². The number of aromatic nitrogens is 2. The van der Waals surface area contributed by atoms with Gasteiger partial charge in [0.25, 0.3) is 0 Å². The van der Waals surface area contributed by atoms with Gasteiger partial charge in [-0.1, -0.05) is 23.7 Å². The van der Waals surface area contributed by atoms with Crippen molar-refractivity contribution in [3.63, 3.8) is 0 Å². The smallest absolute Gasteiger partial charge is 0.233 e. The summed E-state index contributed by atoms with van der Waals surface area (Å²) < 4.78 is 0. The Morgan fingerprint density at radius 3 is 2.54 bits per heavy atom. The third-order valence-corrected chi connectivity index (χ3v) is 5.21. The van der Waals surface area contributed by atoms with E-state index in [4.69, 9.17) is 11.6 Å². The van der Waals surface area contributed by atoms with E-state index in [1.807, 2.05) is 29.2 Å². The first-order chi connectivity index (χ1) is 11.7. The van der Waals surface area contributed by atoms with E-state index in [-0.39, 0.29) is 11.3 Å². The first-order valence-electron chi connectivity index (χ1n) is 8.25. The van der Waals surface area contributed by atoms with Crippen molar-refractivity contribution in [1.82, 2.24) is 14.9 Å². The van der Waals surface area contributed by atoms with E-state index < -0.39 is 0 Å². The molecule has 0 N–H and O–H groups in total. The van der Waals surface area contributed by atoms with E-state index in [0.717, 1.165) is 50.4 Å². The van der Waals surface area contributed by atoms with Crippen LogP contribution in [0.2, 0.25) is 5.02 Å². The fourth-order valence-electron chi connectivity index (χ4n) is 3.43. The topological polar surface area (TPSA) is 49.3 Å². The van der Waals surface area contributed by atoms with E-state index in [2.05, 4.69) is 14.9 Å². The number of benzene rings is 1. The van der Waals surface area contributed by atoms with E-state index in [1.54, 1.807) is 18.6 Å². The van der Waals surface area contributed by atoms with Crippen LogP contribution < -0.4 is 4.90 Å². The van der Waals surface area contributed by atoms with Gasteiger partial charge >= 0.3 is 0 Å². The quantitative estimate of drug-likeness (QED) is 0.860. The summed E-state index contributed by atoms with van der Waals surface area (Å²) in [4.78, 5) is 25.7. The van der Waals surface area contributed by atoms with Crippen molar-refractivity contribution >= 4 is 23.3 Å². The maximum absolute atomic E-state index is 13.1. The van der Waals surface area contributed by atoms with Crippen LogP contribution >= 0.6 is 11.6 Å². The van der Waals surface area contributed by atoms with E-state index in [9.17, 15) is 4.79 Å². The van der Waals surface area contributed by atoms with Gasteiger partial charge < -0.3 is 9.80 Å². The number of piperazine rings is 1. The van der Waals surface area contributed by atoms with Crippen LogP contribution in [0.15, 0.2) is 42.9 Å². The van der Waals surface area contributed by atoms with Crippen LogP contribution in [0.5, 0.6) is 0 Å². The second kappa shape index (κ2) is 6.06. The molecule has 2 fully saturated rings. The molecule has 1 saturated heterocycles. The molecule has 0 unspecified atom stereocenters. The number of amides is 1. The zero-order valence-electron chi connectivity index (χ0n) is 13.4. The zero-order valence-corrected chi connectivity index (χ0v) is 14.1. The van der Waals surface area contributed by atoms with Crippen molar-refractivity contribution in [3.05, 3.63) is 53.4 Å². The molecule has 4 rings (SSSR count). The molecular formula is C18H19ClN4O. The highest BCUT2D eigenvalue weighted by Gasteiger charge is 2.53. The number of halogens is 1. The summed E-state index contributed by atoms with van der Waals surface area (Å²) >= 11 is 6.11. The van der Waals surface area contributed by atoms with Crippen LogP contribution in [0, 0.1) is 0 Å². The Balaban J connectivity index is 1.45. The van der Waals surface area contributed by atoms with Crippen LogP contribution in [0.25, 0.3) is 0 Å². The fraction of sp³-hybridized carbons (Fsp3) is 0.389. The number of carbonyl (C=O) groups is 1. The van der Waals surface area contributed by atoms with Crippen LogP contribution in [0.1, 0.15) is 18.4 Å². The molecule has 124 valence electrons. The maximum atomic E-state index is 13.1. The number of hydrogen-bond donors (Lipinski definition) is 0. The maximum Gasteiger partial charge on any atom is 0.233 e. The highest BCUT2D eigenvalue weighted by Crippen LogP contribution is 2.50. The molecule has 6 heteroatoms. The Morgan fingerprint density at radius 1 is 1.12 bits per heavy atom. The van der Waals surface area contributed by atoms with Crippen molar-refractivity contribution < 1.29 is 4.79 Å². The molecule has 1 aromatic heterocycles. The lowest BCUT2D eigenvalue weighted by Crippen LogP contribution is -2.51. The number of nitrogens with zero attached hydrogens (tertiary/aromatic N) is 4. The number of carbonyl (C=O) groups excluding carboxylic acids is 1. The Labute approximate surface area is 146 Å². The first kappa shape index (κ1) is 15.4. The lowest BCUT2D eigenvalue weighted by molar-refractivity contribution is -0.134. The molecule has 0 radical (unpaired) electrons. The third kappa shape index (κ3) is 2.73. The fourth-order valence-corrected chi connectivity index (χ4v) is 3.62. The Bertz CT molecular complexity index is 740. The molecular weight excluding hydrogens is 324 g/mol. The van der Waals surface area contributed by atoms with Crippen molar-refractivity contribution in [2.24, 2.45) is 0 Å². The van der Waals surface area contributed by atoms with Gasteiger partial charge in [0.15, 0.2) is 0 Å². The molecule has 2 heterocycles. The predicted molar refractivity (Wildman–Crippen MR) is 93.2 cm³/mol. The van der Waals surface area contributed by atoms with Crippen LogP contribution in [-0.2, 0) is 10.2 Å². The average molecular weight is 343 g/mol. The normalized spacial score (nSPS) is 19.2. The number of hydrogen-bond acceptors (Lipinski definition) is 4. The number of anilines is 1. The molecule has 1 aliphatic heterocycles. The van der Waals surface area contributed by atoms with Gasteiger partial charge in [0.05, 0.1) is 11.6 Å². The van der Waals surface area contributed by atoms with Gasteiger partial charge in [0.2, 0.25) is 5.91 Å². The molecule has 2 aromatic rings. The summed E-state index contributed by atoms with van der Waals surface area (Å²) in [6.45, 7) is 3.02. The molecule has 1 saturated carbocycles. The SMILES string of the molecule is O=C(N1CCN(c2cnccn2)CC1)C1(c2cccc(Cl)c2)CC1. The molecule has 5 nitrogen and oxygen atoms in total. The molecule has 2 aliphatic rings. The predicted octanol–water partition coefficient (Wildman–Crippen LogP) is 2.51. The first-order valence-corrected chi connectivity index (χ1v) is 8.63. The summed E-state index contributed by atoms with van der Waals surface area (Å²) in [7, 11) is 0. The summed E-state index contributed by atoms with van der Waals surface area (Å²) in [6.07, 6.45) is 6.97. The van der Waals surface area contributed by atoms with Crippen molar-refractivity contribution in [2.75, 3.05) is 31.1 Å². The minimum atomic E-state index is -0.348. The van der Waals surface area contributed by atoms with E-state index >= 15 is 0 Å².